The normalized spacial score (nSPS) is 19.6. The minimum Gasteiger partial charge on any atom is -0.398 e. The molecule has 1 heterocycles. The molecule has 0 saturated carbocycles. The van der Waals surface area contributed by atoms with Gasteiger partial charge < -0.3 is 11.1 Å². The molecule has 1 aromatic rings. The molecule has 19 heavy (non-hydrogen) atoms. The number of likely N-dealkylation sites (tertiary alicyclic amines) is 1. The van der Waals surface area contributed by atoms with Crippen LogP contribution in [0.25, 0.3) is 0 Å². The third-order valence-electron chi connectivity index (χ3n) is 3.88. The Labute approximate surface area is 115 Å². The highest BCUT2D eigenvalue weighted by molar-refractivity contribution is 5.92. The molecule has 1 saturated heterocycles. The average molecular weight is 261 g/mol. The number of nitrogens with one attached hydrogen (secondary N) is 1. The number of carbonyl (C=O) groups is 1. The monoisotopic (exact) mass is 261 g/mol. The lowest BCUT2D eigenvalue weighted by Crippen LogP contribution is -2.31. The van der Waals surface area contributed by atoms with Crippen LogP contribution in [-0.2, 0) is 4.79 Å². The number of amides is 1. The quantitative estimate of drug-likeness (QED) is 0.817. The van der Waals surface area contributed by atoms with Crippen LogP contribution in [0.15, 0.2) is 18.2 Å². The largest absolute Gasteiger partial charge is 0.398 e. The first kappa shape index (κ1) is 13.9. The van der Waals surface area contributed by atoms with Crippen LogP contribution in [0.5, 0.6) is 0 Å². The summed E-state index contributed by atoms with van der Waals surface area (Å²) in [6, 6.07) is 5.63. The van der Waals surface area contributed by atoms with Crippen molar-refractivity contribution < 1.29 is 4.79 Å². The van der Waals surface area contributed by atoms with Gasteiger partial charge in [0.25, 0.3) is 0 Å². The van der Waals surface area contributed by atoms with Crippen molar-refractivity contribution in [1.29, 1.82) is 0 Å². The predicted molar refractivity (Wildman–Crippen MR) is 79.1 cm³/mol. The van der Waals surface area contributed by atoms with E-state index in [0.29, 0.717) is 12.2 Å². The molecular weight excluding hydrogens is 238 g/mol. The average Bonchev–Trinajstić information content (AvgIpc) is 2.81. The van der Waals surface area contributed by atoms with E-state index in [9.17, 15) is 4.79 Å². The van der Waals surface area contributed by atoms with Gasteiger partial charge in [-0.1, -0.05) is 19.4 Å². The fourth-order valence-electron chi connectivity index (χ4n) is 2.51. The van der Waals surface area contributed by atoms with Crippen molar-refractivity contribution in [1.82, 2.24) is 4.90 Å². The summed E-state index contributed by atoms with van der Waals surface area (Å²) >= 11 is 0. The van der Waals surface area contributed by atoms with Crippen molar-refractivity contribution in [3.63, 3.8) is 0 Å². The summed E-state index contributed by atoms with van der Waals surface area (Å²) in [7, 11) is 0. The van der Waals surface area contributed by atoms with E-state index in [-0.39, 0.29) is 5.91 Å². The minimum atomic E-state index is 0.0417. The standard InChI is InChI=1S/C15H23N3O/c1-3-12-6-7-18(9-12)10-15(19)17-13-5-4-11(2)14(16)8-13/h4-5,8,12H,3,6-7,9-10,16H2,1-2H3,(H,17,19). The number of rotatable bonds is 4. The highest BCUT2D eigenvalue weighted by Crippen LogP contribution is 2.19. The predicted octanol–water partition coefficient (Wildman–Crippen LogP) is 2.25. The molecular formula is C15H23N3O. The second-order valence-corrected chi connectivity index (χ2v) is 5.42. The molecule has 0 aromatic heterocycles. The van der Waals surface area contributed by atoms with Crippen LogP contribution < -0.4 is 11.1 Å². The van der Waals surface area contributed by atoms with E-state index < -0.39 is 0 Å². The first-order valence-electron chi connectivity index (χ1n) is 6.96. The van der Waals surface area contributed by atoms with Gasteiger partial charge in [-0.05, 0) is 43.5 Å². The van der Waals surface area contributed by atoms with Gasteiger partial charge in [0.05, 0.1) is 6.54 Å². The molecule has 1 aromatic carbocycles. The molecule has 1 amide bonds. The third kappa shape index (κ3) is 3.70. The molecule has 104 valence electrons. The van der Waals surface area contributed by atoms with Gasteiger partial charge in [-0.3, -0.25) is 9.69 Å². The second kappa shape index (κ2) is 6.06. The van der Waals surface area contributed by atoms with Gasteiger partial charge >= 0.3 is 0 Å². The molecule has 1 fully saturated rings. The van der Waals surface area contributed by atoms with E-state index in [1.54, 1.807) is 0 Å². The van der Waals surface area contributed by atoms with Crippen molar-refractivity contribution in [2.45, 2.75) is 26.7 Å². The Kier molecular flexibility index (Phi) is 4.43. The Hall–Kier alpha value is -1.55. The van der Waals surface area contributed by atoms with Crippen molar-refractivity contribution >= 4 is 17.3 Å². The van der Waals surface area contributed by atoms with Gasteiger partial charge in [0, 0.05) is 17.9 Å². The molecule has 1 aliphatic rings. The van der Waals surface area contributed by atoms with E-state index in [2.05, 4.69) is 17.1 Å². The maximum Gasteiger partial charge on any atom is 0.238 e. The van der Waals surface area contributed by atoms with Crippen molar-refractivity contribution in [3.8, 4) is 0 Å². The summed E-state index contributed by atoms with van der Waals surface area (Å²) in [5.74, 6) is 0.794. The smallest absolute Gasteiger partial charge is 0.238 e. The number of anilines is 2. The van der Waals surface area contributed by atoms with Crippen LogP contribution in [-0.4, -0.2) is 30.4 Å². The van der Waals surface area contributed by atoms with Gasteiger partial charge in [-0.2, -0.15) is 0 Å². The van der Waals surface area contributed by atoms with E-state index in [1.807, 2.05) is 25.1 Å². The topological polar surface area (TPSA) is 58.4 Å². The summed E-state index contributed by atoms with van der Waals surface area (Å²) in [5, 5.41) is 2.91. The van der Waals surface area contributed by atoms with E-state index in [1.165, 1.54) is 12.8 Å². The number of benzene rings is 1. The zero-order chi connectivity index (χ0) is 13.8. The zero-order valence-corrected chi connectivity index (χ0v) is 11.8. The first-order chi connectivity index (χ1) is 9.08. The van der Waals surface area contributed by atoms with Crippen molar-refractivity contribution in [2.24, 2.45) is 5.92 Å². The Morgan fingerprint density at radius 1 is 1.53 bits per heavy atom. The number of hydrogen-bond acceptors (Lipinski definition) is 3. The number of hydrogen-bond donors (Lipinski definition) is 2. The van der Waals surface area contributed by atoms with Gasteiger partial charge in [0.1, 0.15) is 0 Å². The summed E-state index contributed by atoms with van der Waals surface area (Å²) < 4.78 is 0. The SMILES string of the molecule is CCC1CCN(CC(=O)Nc2ccc(C)c(N)c2)C1. The van der Waals surface area contributed by atoms with Crippen molar-refractivity contribution in [3.05, 3.63) is 23.8 Å². The molecule has 1 unspecified atom stereocenters. The highest BCUT2D eigenvalue weighted by atomic mass is 16.2. The maximum absolute atomic E-state index is 12.0. The van der Waals surface area contributed by atoms with E-state index in [0.717, 1.165) is 30.3 Å². The number of nitrogens with two attached hydrogens (primary N) is 1. The lowest BCUT2D eigenvalue weighted by molar-refractivity contribution is -0.117. The lowest BCUT2D eigenvalue weighted by atomic mass is 10.1. The van der Waals surface area contributed by atoms with Crippen LogP contribution in [0, 0.1) is 12.8 Å². The lowest BCUT2D eigenvalue weighted by Gasteiger charge is -2.15. The zero-order valence-electron chi connectivity index (χ0n) is 11.8. The Morgan fingerprint density at radius 3 is 2.95 bits per heavy atom. The molecule has 4 heteroatoms. The Morgan fingerprint density at radius 2 is 2.32 bits per heavy atom. The summed E-state index contributed by atoms with van der Waals surface area (Å²) in [5.41, 5.74) is 8.36. The van der Waals surface area contributed by atoms with Gasteiger partial charge in [-0.25, -0.2) is 0 Å². The minimum absolute atomic E-state index is 0.0417. The fourth-order valence-corrected chi connectivity index (χ4v) is 2.51. The maximum atomic E-state index is 12.0. The van der Waals surface area contributed by atoms with Crippen LogP contribution in [0.2, 0.25) is 0 Å². The van der Waals surface area contributed by atoms with Gasteiger partial charge in [-0.15, -0.1) is 0 Å². The number of carbonyl (C=O) groups excluding carboxylic acids is 1. The summed E-state index contributed by atoms with van der Waals surface area (Å²) in [6.07, 6.45) is 2.41. The highest BCUT2D eigenvalue weighted by Gasteiger charge is 2.22. The van der Waals surface area contributed by atoms with E-state index >= 15 is 0 Å². The molecule has 2 rings (SSSR count). The molecule has 4 nitrogen and oxygen atoms in total. The van der Waals surface area contributed by atoms with Crippen LogP contribution in [0.1, 0.15) is 25.3 Å². The second-order valence-electron chi connectivity index (χ2n) is 5.42. The van der Waals surface area contributed by atoms with Crippen LogP contribution >= 0.6 is 0 Å². The third-order valence-corrected chi connectivity index (χ3v) is 3.88. The molecule has 0 radical (unpaired) electrons. The van der Waals surface area contributed by atoms with Gasteiger partial charge in [0.15, 0.2) is 0 Å². The number of nitrogens with zero attached hydrogens (tertiary/aromatic N) is 1. The molecule has 1 aliphatic heterocycles. The van der Waals surface area contributed by atoms with E-state index in [4.69, 9.17) is 5.73 Å². The van der Waals surface area contributed by atoms with Crippen LogP contribution in [0.3, 0.4) is 0 Å². The Balaban J connectivity index is 1.86. The Bertz CT molecular complexity index is 459. The summed E-state index contributed by atoms with van der Waals surface area (Å²) in [6.45, 7) is 6.71. The number of nitrogen functional groups attached to an aromatic ring is 1. The van der Waals surface area contributed by atoms with Crippen molar-refractivity contribution in [2.75, 3.05) is 30.7 Å². The number of aryl methyl sites for hydroxylation is 1. The molecule has 0 spiro atoms. The molecule has 1 atom stereocenters. The molecule has 3 N–H and O–H groups in total. The first-order valence-corrected chi connectivity index (χ1v) is 6.96. The fraction of sp³-hybridized carbons (Fsp3) is 0.533. The summed E-state index contributed by atoms with van der Waals surface area (Å²) in [4.78, 5) is 14.2. The molecule has 0 bridgehead atoms. The van der Waals surface area contributed by atoms with Crippen LogP contribution in [0.4, 0.5) is 11.4 Å². The molecule has 0 aliphatic carbocycles. The van der Waals surface area contributed by atoms with Gasteiger partial charge in [0.2, 0.25) is 5.91 Å².